The summed E-state index contributed by atoms with van der Waals surface area (Å²) in [5.41, 5.74) is 1.44. The van der Waals surface area contributed by atoms with E-state index in [1.165, 1.54) is 0 Å². The van der Waals surface area contributed by atoms with Crippen LogP contribution < -0.4 is 9.47 Å². The van der Waals surface area contributed by atoms with Crippen LogP contribution in [0.15, 0.2) is 28.8 Å². The lowest BCUT2D eigenvalue weighted by Crippen LogP contribution is -2.25. The number of methoxy groups -OCH3 is 2. The first-order valence-electron chi connectivity index (χ1n) is 7.01. The molecule has 1 heterocycles. The van der Waals surface area contributed by atoms with Crippen molar-refractivity contribution < 1.29 is 18.8 Å². The zero-order valence-corrected chi connectivity index (χ0v) is 13.3. The van der Waals surface area contributed by atoms with Gasteiger partial charge in [-0.3, -0.25) is 4.79 Å². The van der Waals surface area contributed by atoms with Crippen molar-refractivity contribution in [2.45, 2.75) is 19.9 Å². The van der Waals surface area contributed by atoms with E-state index in [4.69, 9.17) is 14.0 Å². The van der Waals surface area contributed by atoms with Gasteiger partial charge in [-0.25, -0.2) is 0 Å². The normalized spacial score (nSPS) is 10.4. The fourth-order valence-electron chi connectivity index (χ4n) is 2.12. The lowest BCUT2D eigenvalue weighted by molar-refractivity contribution is -0.130. The Labute approximate surface area is 129 Å². The number of nitrogens with zero attached hydrogens (tertiary/aromatic N) is 2. The van der Waals surface area contributed by atoms with Crippen LogP contribution in [-0.2, 0) is 11.3 Å². The van der Waals surface area contributed by atoms with E-state index < -0.39 is 0 Å². The summed E-state index contributed by atoms with van der Waals surface area (Å²) < 4.78 is 15.9. The van der Waals surface area contributed by atoms with Gasteiger partial charge in [0, 0.05) is 19.5 Å². The Kier molecular flexibility index (Phi) is 5.04. The van der Waals surface area contributed by atoms with Crippen molar-refractivity contribution in [2.24, 2.45) is 0 Å². The van der Waals surface area contributed by atoms with Gasteiger partial charge in [0.2, 0.25) is 5.91 Å². The smallest absolute Gasteiger partial charge is 0.222 e. The largest absolute Gasteiger partial charge is 0.497 e. The fourth-order valence-corrected chi connectivity index (χ4v) is 2.12. The molecular weight excluding hydrogens is 284 g/mol. The topological polar surface area (TPSA) is 64.8 Å². The van der Waals surface area contributed by atoms with Gasteiger partial charge in [0.15, 0.2) is 5.76 Å². The van der Waals surface area contributed by atoms with Crippen LogP contribution in [0, 0.1) is 0 Å². The van der Waals surface area contributed by atoms with Crippen molar-refractivity contribution in [1.82, 2.24) is 10.1 Å². The molecule has 0 aliphatic carbocycles. The van der Waals surface area contributed by atoms with Gasteiger partial charge in [-0.1, -0.05) is 12.1 Å². The molecule has 2 aromatic rings. The molecule has 0 fully saturated rings. The first-order valence-corrected chi connectivity index (χ1v) is 7.01. The summed E-state index contributed by atoms with van der Waals surface area (Å²) in [6, 6.07) is 7.25. The molecule has 6 nitrogen and oxygen atoms in total. The van der Waals surface area contributed by atoms with Crippen LogP contribution in [0.3, 0.4) is 0 Å². The van der Waals surface area contributed by atoms with Crippen molar-refractivity contribution >= 4 is 5.91 Å². The van der Waals surface area contributed by atoms with Crippen LogP contribution in [0.4, 0.5) is 0 Å². The Balaban J connectivity index is 2.26. The third-order valence-electron chi connectivity index (χ3n) is 3.36. The monoisotopic (exact) mass is 304 g/mol. The number of benzene rings is 1. The highest BCUT2D eigenvalue weighted by Gasteiger charge is 2.15. The molecule has 0 atom stereocenters. The maximum atomic E-state index is 11.6. The van der Waals surface area contributed by atoms with Gasteiger partial charge in [-0.05, 0) is 18.2 Å². The van der Waals surface area contributed by atoms with Gasteiger partial charge in [0.1, 0.15) is 17.2 Å². The molecule has 118 valence electrons. The van der Waals surface area contributed by atoms with Gasteiger partial charge in [-0.15, -0.1) is 0 Å². The van der Waals surface area contributed by atoms with E-state index in [9.17, 15) is 4.79 Å². The summed E-state index contributed by atoms with van der Waals surface area (Å²) in [5, 5.41) is 4.01. The van der Waals surface area contributed by atoms with Crippen molar-refractivity contribution in [3.05, 3.63) is 30.0 Å². The predicted molar refractivity (Wildman–Crippen MR) is 81.8 cm³/mol. The van der Waals surface area contributed by atoms with Crippen LogP contribution in [0.5, 0.6) is 11.5 Å². The molecular formula is C16H20N2O4. The molecule has 0 saturated heterocycles. The molecule has 1 aromatic heterocycles. The van der Waals surface area contributed by atoms with Crippen LogP contribution in [0.25, 0.3) is 11.3 Å². The summed E-state index contributed by atoms with van der Waals surface area (Å²) in [6.45, 7) is 2.23. The van der Waals surface area contributed by atoms with Crippen LogP contribution >= 0.6 is 0 Å². The summed E-state index contributed by atoms with van der Waals surface area (Å²) in [7, 11) is 4.94. The second-order valence-electron chi connectivity index (χ2n) is 4.85. The van der Waals surface area contributed by atoms with E-state index >= 15 is 0 Å². The summed E-state index contributed by atoms with van der Waals surface area (Å²) in [6.07, 6.45) is 0.463. The van der Waals surface area contributed by atoms with E-state index in [-0.39, 0.29) is 5.91 Å². The highest BCUT2D eigenvalue weighted by molar-refractivity contribution is 5.75. The molecule has 0 spiro atoms. The maximum absolute atomic E-state index is 11.6. The van der Waals surface area contributed by atoms with Gasteiger partial charge >= 0.3 is 0 Å². The number of rotatable bonds is 6. The average molecular weight is 304 g/mol. The van der Waals surface area contributed by atoms with Gasteiger partial charge in [0.05, 0.1) is 26.3 Å². The number of amides is 1. The summed E-state index contributed by atoms with van der Waals surface area (Å²) >= 11 is 0. The van der Waals surface area contributed by atoms with E-state index in [1.54, 1.807) is 32.2 Å². The molecule has 0 bridgehead atoms. The predicted octanol–water partition coefficient (Wildman–Crippen LogP) is 2.73. The molecule has 0 radical (unpaired) electrons. The maximum Gasteiger partial charge on any atom is 0.222 e. The lowest BCUT2D eigenvalue weighted by Gasteiger charge is -2.13. The van der Waals surface area contributed by atoms with Crippen LogP contribution in [-0.4, -0.2) is 37.2 Å². The molecule has 1 aromatic carbocycles. The molecule has 6 heteroatoms. The number of hydrogen-bond acceptors (Lipinski definition) is 5. The Morgan fingerprint density at radius 2 is 2.05 bits per heavy atom. The molecule has 0 aliphatic heterocycles. The quantitative estimate of drug-likeness (QED) is 0.821. The minimum absolute atomic E-state index is 0.0588. The number of ether oxygens (including phenoxy) is 2. The van der Waals surface area contributed by atoms with E-state index in [2.05, 4.69) is 5.16 Å². The summed E-state index contributed by atoms with van der Waals surface area (Å²) in [5.74, 6) is 2.00. The van der Waals surface area contributed by atoms with E-state index in [0.29, 0.717) is 35.9 Å². The highest BCUT2D eigenvalue weighted by atomic mass is 16.5. The Morgan fingerprint density at radius 3 is 2.68 bits per heavy atom. The number of carbonyl (C=O) groups excluding carboxylic acids is 1. The molecule has 0 aliphatic rings. The molecule has 0 unspecified atom stereocenters. The molecule has 22 heavy (non-hydrogen) atoms. The Morgan fingerprint density at radius 1 is 1.27 bits per heavy atom. The summed E-state index contributed by atoms with van der Waals surface area (Å²) in [4.78, 5) is 13.2. The lowest BCUT2D eigenvalue weighted by atomic mass is 10.1. The zero-order valence-electron chi connectivity index (χ0n) is 13.3. The third-order valence-corrected chi connectivity index (χ3v) is 3.36. The van der Waals surface area contributed by atoms with Gasteiger partial charge < -0.3 is 18.9 Å². The van der Waals surface area contributed by atoms with Crippen LogP contribution in [0.1, 0.15) is 19.0 Å². The van der Waals surface area contributed by atoms with E-state index in [0.717, 1.165) is 5.56 Å². The third kappa shape index (κ3) is 3.39. The highest BCUT2D eigenvalue weighted by Crippen LogP contribution is 2.33. The molecule has 0 N–H and O–H groups in total. The van der Waals surface area contributed by atoms with Crippen LogP contribution in [0.2, 0.25) is 0 Å². The number of carbonyl (C=O) groups is 1. The van der Waals surface area contributed by atoms with Crippen molar-refractivity contribution in [3.63, 3.8) is 0 Å². The minimum Gasteiger partial charge on any atom is -0.497 e. The number of aromatic nitrogens is 1. The number of hydrogen-bond donors (Lipinski definition) is 0. The first-order chi connectivity index (χ1) is 10.6. The average Bonchev–Trinajstić information content (AvgIpc) is 3.01. The fraction of sp³-hybridized carbons (Fsp3) is 0.375. The van der Waals surface area contributed by atoms with Crippen molar-refractivity contribution in [1.29, 1.82) is 0 Å². The zero-order chi connectivity index (χ0) is 16.1. The molecule has 0 saturated carbocycles. The van der Waals surface area contributed by atoms with Crippen molar-refractivity contribution in [3.8, 4) is 22.8 Å². The second kappa shape index (κ2) is 6.98. The second-order valence-corrected chi connectivity index (χ2v) is 4.85. The Bertz CT molecular complexity index is 651. The minimum atomic E-state index is 0.0588. The first kappa shape index (κ1) is 15.9. The van der Waals surface area contributed by atoms with Crippen molar-refractivity contribution in [2.75, 3.05) is 21.3 Å². The standard InChI is InChI=1S/C16H20N2O4/c1-5-16(19)18(2)10-11-8-15(22-17-11)13-9-12(20-3)6-7-14(13)21-4/h6-9H,5,10H2,1-4H3. The molecule has 2 rings (SSSR count). The molecule has 1 amide bonds. The van der Waals surface area contributed by atoms with Gasteiger partial charge in [-0.2, -0.15) is 0 Å². The SMILES string of the molecule is CCC(=O)N(C)Cc1cc(-c2cc(OC)ccc2OC)on1. The Hall–Kier alpha value is -2.50. The van der Waals surface area contributed by atoms with E-state index in [1.807, 2.05) is 25.1 Å². The van der Waals surface area contributed by atoms with Gasteiger partial charge in [0.25, 0.3) is 0 Å².